The number of hydrogen-bond acceptors (Lipinski definition) is 8. The van der Waals surface area contributed by atoms with Gasteiger partial charge in [-0.25, -0.2) is 33.7 Å². The maximum atomic E-state index is 12.2. The molecule has 54 heavy (non-hydrogen) atoms. The highest BCUT2D eigenvalue weighted by Gasteiger charge is 2.68. The first-order chi connectivity index (χ1) is 24.3. The maximum absolute atomic E-state index is 12.2. The standard InChI is InChI=1S/C10H8.2C7H8.C3H4F5NO4S2.C3H8.C2H4F3NO4S2/c1-2-6-10-8-4-3-7-9(10)5-1;2*1-7-5-3-2-4-6-7;1-14(10,11)9-15(12,13)3(7,8)2(4,5)6;1-3-2;1-11(7,8)6-12(9,10)2(3,4)5/h1-8H;2*2-6H,1H3;9H,1H3;3H2,1-2H3;6H,1H3. The molecule has 10 nitrogen and oxygen atoms in total. The van der Waals surface area contributed by atoms with E-state index in [0.717, 1.165) is 0 Å². The van der Waals surface area contributed by atoms with Gasteiger partial charge in [-0.3, -0.25) is 0 Å². The Hall–Kier alpha value is -3.70. The van der Waals surface area contributed by atoms with Crippen molar-refractivity contribution in [2.75, 3.05) is 12.5 Å². The molecule has 0 atom stereocenters. The lowest BCUT2D eigenvalue weighted by molar-refractivity contribution is -0.241. The number of hydrogen-bond donors (Lipinski definition) is 2. The van der Waals surface area contributed by atoms with Crippen LogP contribution in [0.15, 0.2) is 109 Å². The molecule has 0 heterocycles. The van der Waals surface area contributed by atoms with Gasteiger partial charge in [-0.2, -0.15) is 35.1 Å². The zero-order valence-electron chi connectivity index (χ0n) is 29.5. The molecular weight excluding hydrogens is 821 g/mol. The van der Waals surface area contributed by atoms with Crippen molar-refractivity contribution in [3.8, 4) is 0 Å². The summed E-state index contributed by atoms with van der Waals surface area (Å²) in [5, 5.41) is -3.56. The lowest BCUT2D eigenvalue weighted by atomic mass is 10.1. The highest BCUT2D eigenvalue weighted by atomic mass is 32.3. The van der Waals surface area contributed by atoms with Gasteiger partial charge in [0.15, 0.2) is 0 Å². The lowest BCUT2D eigenvalue weighted by Crippen LogP contribution is -2.51. The molecule has 0 aromatic heterocycles. The highest BCUT2D eigenvalue weighted by molar-refractivity contribution is 8.05. The molecule has 0 spiro atoms. The van der Waals surface area contributed by atoms with Crippen molar-refractivity contribution in [2.24, 2.45) is 0 Å². The Balaban J connectivity index is 0. The molecule has 0 fully saturated rings. The number of aryl methyl sites for hydroxylation is 2. The molecule has 4 aromatic carbocycles. The van der Waals surface area contributed by atoms with Crippen molar-refractivity contribution in [3.63, 3.8) is 0 Å². The van der Waals surface area contributed by atoms with Crippen molar-refractivity contribution in [1.29, 1.82) is 0 Å². The fourth-order valence-corrected chi connectivity index (χ4v) is 7.14. The van der Waals surface area contributed by atoms with Crippen molar-refractivity contribution >= 4 is 50.9 Å². The van der Waals surface area contributed by atoms with E-state index in [1.165, 1.54) is 28.3 Å². The summed E-state index contributed by atoms with van der Waals surface area (Å²) in [6, 6.07) is 37.2. The molecule has 4 aromatic rings. The summed E-state index contributed by atoms with van der Waals surface area (Å²) < 4.78 is 176. The third kappa shape index (κ3) is 22.5. The molecule has 0 aliphatic rings. The molecule has 0 radical (unpaired) electrons. The third-order valence-electron chi connectivity index (χ3n) is 5.03. The van der Waals surface area contributed by atoms with E-state index in [2.05, 4.69) is 100 Å². The molecule has 306 valence electrons. The quantitative estimate of drug-likeness (QED) is 0.194. The summed E-state index contributed by atoms with van der Waals surface area (Å²) in [7, 11) is -21.3. The SMILES string of the molecule is CCC.CS(=O)(=O)NS(=O)(=O)C(F)(F)C(F)(F)F.CS(=O)(=O)NS(=O)(=O)C(F)(F)F.Cc1ccccc1.Cc1ccccc1.c1ccc2ccccc2c1. The summed E-state index contributed by atoms with van der Waals surface area (Å²) in [6.45, 7) is 8.42. The predicted molar refractivity (Wildman–Crippen MR) is 193 cm³/mol. The smallest absolute Gasteiger partial charge is 0.212 e. The van der Waals surface area contributed by atoms with E-state index in [0.29, 0.717) is 10.4 Å². The molecule has 0 aliphatic heterocycles. The van der Waals surface area contributed by atoms with Gasteiger partial charge in [-0.1, -0.05) is 141 Å². The second-order valence-electron chi connectivity index (χ2n) is 10.5. The van der Waals surface area contributed by atoms with Crippen molar-refractivity contribution in [3.05, 3.63) is 120 Å². The summed E-state index contributed by atoms with van der Waals surface area (Å²) in [5.41, 5.74) is -2.97. The molecule has 22 heteroatoms. The van der Waals surface area contributed by atoms with Crippen LogP contribution in [0.4, 0.5) is 35.1 Å². The van der Waals surface area contributed by atoms with Crippen LogP contribution in [-0.4, -0.2) is 63.1 Å². The second-order valence-corrected chi connectivity index (χ2v) is 18.0. The van der Waals surface area contributed by atoms with Gasteiger partial charge >= 0.3 is 27.0 Å². The van der Waals surface area contributed by atoms with Gasteiger partial charge in [-0.15, -0.1) is 8.25 Å². The molecule has 0 amide bonds. The number of rotatable bonds is 5. The molecule has 0 saturated carbocycles. The van der Waals surface area contributed by atoms with Gasteiger partial charge in [0, 0.05) is 0 Å². The fraction of sp³-hybridized carbons (Fsp3) is 0.312. The van der Waals surface area contributed by atoms with E-state index in [4.69, 9.17) is 0 Å². The van der Waals surface area contributed by atoms with E-state index in [1.54, 1.807) is 0 Å². The monoisotopic (exact) mass is 860 g/mol. The van der Waals surface area contributed by atoms with Crippen LogP contribution in [0.5, 0.6) is 0 Å². The molecule has 0 bridgehead atoms. The first-order valence-electron chi connectivity index (χ1n) is 14.8. The highest BCUT2D eigenvalue weighted by Crippen LogP contribution is 2.39. The number of benzene rings is 4. The van der Waals surface area contributed by atoms with Gasteiger partial charge in [-0.05, 0) is 24.6 Å². The normalized spacial score (nSPS) is 12.0. The van der Waals surface area contributed by atoms with Crippen LogP contribution in [0.2, 0.25) is 0 Å². The van der Waals surface area contributed by atoms with Crippen LogP contribution < -0.4 is 8.25 Å². The van der Waals surface area contributed by atoms with Crippen LogP contribution in [0, 0.1) is 13.8 Å². The number of alkyl halides is 8. The van der Waals surface area contributed by atoms with E-state index < -0.39 is 57.0 Å². The Kier molecular flexibility index (Phi) is 22.0. The predicted octanol–water partition coefficient (Wildman–Crippen LogP) is 7.65. The average Bonchev–Trinajstić information content (AvgIpc) is 3.00. The van der Waals surface area contributed by atoms with Crippen molar-refractivity contribution in [1.82, 2.24) is 8.25 Å². The van der Waals surface area contributed by atoms with Gasteiger partial charge in [0.1, 0.15) is 0 Å². The summed E-state index contributed by atoms with van der Waals surface area (Å²) >= 11 is 0. The summed E-state index contributed by atoms with van der Waals surface area (Å²) in [5.74, 6) is 0. The van der Waals surface area contributed by atoms with Gasteiger partial charge in [0.2, 0.25) is 20.0 Å². The van der Waals surface area contributed by atoms with Gasteiger partial charge in [0.05, 0.1) is 12.5 Å². The number of halogens is 8. The Labute approximate surface area is 310 Å². The summed E-state index contributed by atoms with van der Waals surface area (Å²) in [6.07, 6.45) is -4.73. The minimum absolute atomic E-state index is 0.122. The van der Waals surface area contributed by atoms with E-state index >= 15 is 0 Å². The van der Waals surface area contributed by atoms with Crippen LogP contribution in [0.25, 0.3) is 10.8 Å². The van der Waals surface area contributed by atoms with Crippen LogP contribution in [0.3, 0.4) is 0 Å². The Morgan fingerprint density at radius 1 is 0.463 bits per heavy atom. The number of nitrogens with one attached hydrogen (secondary N) is 2. The zero-order valence-corrected chi connectivity index (χ0v) is 32.8. The fourth-order valence-electron chi connectivity index (χ4n) is 2.85. The topological polar surface area (TPSA) is 161 Å². The zero-order chi connectivity index (χ0) is 42.7. The van der Waals surface area contributed by atoms with E-state index in [1.807, 2.05) is 36.4 Å². The van der Waals surface area contributed by atoms with Crippen LogP contribution in [0.1, 0.15) is 31.4 Å². The van der Waals surface area contributed by atoms with E-state index in [-0.39, 0.29) is 10.4 Å². The molecular formula is C32H40F8N2O8S4. The lowest BCUT2D eigenvalue weighted by Gasteiger charge is -2.18. The second kappa shape index (κ2) is 22.6. The molecule has 2 N–H and O–H groups in total. The number of fused-ring (bicyclic) bond motifs is 1. The largest absolute Gasteiger partial charge is 0.512 e. The molecule has 0 unspecified atom stereocenters. The Morgan fingerprint density at radius 2 is 0.704 bits per heavy atom. The van der Waals surface area contributed by atoms with Crippen molar-refractivity contribution < 1.29 is 68.8 Å². The minimum Gasteiger partial charge on any atom is -0.212 e. The third-order valence-corrected chi connectivity index (χ3v) is 10.7. The van der Waals surface area contributed by atoms with Crippen molar-refractivity contribution in [2.45, 2.75) is 51.1 Å². The first-order valence-corrected chi connectivity index (χ1v) is 21.5. The summed E-state index contributed by atoms with van der Waals surface area (Å²) in [4.78, 5) is 0. The average molecular weight is 861 g/mol. The van der Waals surface area contributed by atoms with E-state index in [9.17, 15) is 68.8 Å². The Bertz CT molecular complexity index is 2020. The number of sulfonamides is 4. The molecule has 4 rings (SSSR count). The maximum Gasteiger partial charge on any atom is 0.512 e. The first kappa shape index (κ1) is 52.4. The van der Waals surface area contributed by atoms with Crippen LogP contribution >= 0.6 is 0 Å². The molecule has 0 saturated heterocycles. The van der Waals surface area contributed by atoms with Gasteiger partial charge in [0.25, 0.3) is 10.0 Å². The van der Waals surface area contributed by atoms with Crippen LogP contribution in [-0.2, 0) is 40.1 Å². The molecule has 0 aliphatic carbocycles. The van der Waals surface area contributed by atoms with Gasteiger partial charge < -0.3 is 0 Å². The minimum atomic E-state index is -6.40. The Morgan fingerprint density at radius 3 is 0.870 bits per heavy atom.